The monoisotopic (exact) mass is 130 g/mol. The van der Waals surface area contributed by atoms with Gasteiger partial charge in [-0.15, -0.1) is 11.6 Å². The number of rotatable bonds is 0. The Morgan fingerprint density at radius 1 is 1.75 bits per heavy atom. The Hall–Kier alpha value is 0.0300. The van der Waals surface area contributed by atoms with Crippen molar-refractivity contribution in [2.24, 2.45) is 0 Å². The third-order valence-corrected chi connectivity index (χ3v) is 1.86. The van der Waals surface area contributed by atoms with E-state index in [1.165, 1.54) is 24.8 Å². The molecule has 0 radical (unpaired) electrons. The van der Waals surface area contributed by atoms with Gasteiger partial charge >= 0.3 is 0 Å². The summed E-state index contributed by atoms with van der Waals surface area (Å²) in [4.78, 5) is 0. The van der Waals surface area contributed by atoms with Crippen LogP contribution >= 0.6 is 11.6 Å². The van der Waals surface area contributed by atoms with Crippen LogP contribution in [0.15, 0.2) is 11.6 Å². The predicted molar refractivity (Wildman–Crippen MR) is 37.2 cm³/mol. The fourth-order valence-electron chi connectivity index (χ4n) is 1.05. The fraction of sp³-hybridized carbons (Fsp3) is 0.714. The lowest BCUT2D eigenvalue weighted by Crippen LogP contribution is -2.00. The molecule has 0 spiro atoms. The van der Waals surface area contributed by atoms with E-state index in [1.54, 1.807) is 0 Å². The highest BCUT2D eigenvalue weighted by atomic mass is 35.5. The lowest BCUT2D eigenvalue weighted by molar-refractivity contribution is 0.707. The highest BCUT2D eigenvalue weighted by Crippen LogP contribution is 2.20. The van der Waals surface area contributed by atoms with Gasteiger partial charge in [0.25, 0.3) is 0 Å². The summed E-state index contributed by atoms with van der Waals surface area (Å²) in [5.74, 6) is 0. The van der Waals surface area contributed by atoms with Crippen molar-refractivity contribution < 1.29 is 0 Å². The van der Waals surface area contributed by atoms with Gasteiger partial charge in [-0.2, -0.15) is 0 Å². The van der Waals surface area contributed by atoms with Gasteiger partial charge in [-0.05, 0) is 26.2 Å². The maximum Gasteiger partial charge on any atom is 0.0518 e. The van der Waals surface area contributed by atoms with E-state index in [0.29, 0.717) is 5.38 Å². The summed E-state index contributed by atoms with van der Waals surface area (Å²) in [6, 6.07) is 0. The van der Waals surface area contributed by atoms with Crippen LogP contribution in [-0.2, 0) is 0 Å². The van der Waals surface area contributed by atoms with Crippen LogP contribution in [0, 0.1) is 0 Å². The lowest BCUT2D eigenvalue weighted by Gasteiger charge is -2.11. The smallest absolute Gasteiger partial charge is 0.0518 e. The zero-order valence-electron chi connectivity index (χ0n) is 5.15. The number of alkyl halides is 1. The molecule has 0 aromatic rings. The van der Waals surface area contributed by atoms with Crippen LogP contribution in [0.3, 0.4) is 0 Å². The van der Waals surface area contributed by atoms with Crippen molar-refractivity contribution in [1.29, 1.82) is 0 Å². The van der Waals surface area contributed by atoms with Gasteiger partial charge in [0.1, 0.15) is 0 Å². The lowest BCUT2D eigenvalue weighted by atomic mass is 10.0. The van der Waals surface area contributed by atoms with Gasteiger partial charge in [0.05, 0.1) is 5.38 Å². The first-order chi connectivity index (χ1) is 3.79. The summed E-state index contributed by atoms with van der Waals surface area (Å²) >= 11 is 5.84. The molecule has 8 heavy (non-hydrogen) atoms. The molecule has 0 heterocycles. The molecule has 0 aliphatic heterocycles. The molecule has 0 saturated heterocycles. The van der Waals surface area contributed by atoms with Gasteiger partial charge in [-0.25, -0.2) is 0 Å². The van der Waals surface area contributed by atoms with Crippen LogP contribution in [0.25, 0.3) is 0 Å². The third kappa shape index (κ3) is 1.52. The zero-order valence-corrected chi connectivity index (χ0v) is 5.91. The van der Waals surface area contributed by atoms with Crippen molar-refractivity contribution >= 4 is 11.6 Å². The van der Waals surface area contributed by atoms with E-state index in [-0.39, 0.29) is 0 Å². The van der Waals surface area contributed by atoms with Crippen LogP contribution in [0.1, 0.15) is 26.2 Å². The van der Waals surface area contributed by atoms with Gasteiger partial charge in [0, 0.05) is 0 Å². The number of hydrogen-bond acceptors (Lipinski definition) is 0. The standard InChI is InChI=1S/C7H11Cl/c1-6-3-2-4-7(8)5-6/h5,7H,2-4H2,1H3. The third-order valence-electron chi connectivity index (χ3n) is 1.52. The van der Waals surface area contributed by atoms with E-state index < -0.39 is 0 Å². The van der Waals surface area contributed by atoms with E-state index in [4.69, 9.17) is 11.6 Å². The second-order valence-corrected chi connectivity index (χ2v) is 2.98. The minimum absolute atomic E-state index is 0.323. The van der Waals surface area contributed by atoms with Crippen LogP contribution in [0.2, 0.25) is 0 Å². The molecular formula is C7H11Cl. The minimum atomic E-state index is 0.323. The predicted octanol–water partition coefficient (Wildman–Crippen LogP) is 2.72. The molecule has 1 aliphatic rings. The number of halogens is 1. The van der Waals surface area contributed by atoms with Crippen LogP contribution < -0.4 is 0 Å². The first-order valence-corrected chi connectivity index (χ1v) is 3.54. The summed E-state index contributed by atoms with van der Waals surface area (Å²) in [6.07, 6.45) is 5.85. The summed E-state index contributed by atoms with van der Waals surface area (Å²) < 4.78 is 0. The Balaban J connectivity index is 2.50. The zero-order chi connectivity index (χ0) is 5.98. The normalized spacial score (nSPS) is 29.8. The molecular weight excluding hydrogens is 120 g/mol. The highest BCUT2D eigenvalue weighted by molar-refractivity contribution is 6.21. The molecule has 1 rings (SSSR count). The number of allylic oxidation sites excluding steroid dienone is 2. The van der Waals surface area contributed by atoms with E-state index in [2.05, 4.69) is 13.0 Å². The van der Waals surface area contributed by atoms with Crippen molar-refractivity contribution in [2.45, 2.75) is 31.6 Å². The largest absolute Gasteiger partial charge is 0.118 e. The quantitative estimate of drug-likeness (QED) is 0.350. The molecule has 0 fully saturated rings. The molecule has 0 aromatic carbocycles. The molecule has 0 nitrogen and oxygen atoms in total. The summed E-state index contributed by atoms with van der Waals surface area (Å²) in [5, 5.41) is 0.323. The van der Waals surface area contributed by atoms with E-state index in [0.717, 1.165) is 0 Å². The Morgan fingerprint density at radius 2 is 2.50 bits per heavy atom. The van der Waals surface area contributed by atoms with Crippen molar-refractivity contribution in [3.63, 3.8) is 0 Å². The molecule has 0 N–H and O–H groups in total. The van der Waals surface area contributed by atoms with E-state index in [9.17, 15) is 0 Å². The maximum absolute atomic E-state index is 5.84. The van der Waals surface area contributed by atoms with Crippen molar-refractivity contribution in [3.05, 3.63) is 11.6 Å². The fourth-order valence-corrected chi connectivity index (χ4v) is 1.42. The Kier molecular flexibility index (Phi) is 1.95. The first kappa shape index (κ1) is 6.15. The molecule has 46 valence electrons. The Morgan fingerprint density at radius 3 is 2.88 bits per heavy atom. The SMILES string of the molecule is CC1=CC(Cl)CCC1. The van der Waals surface area contributed by atoms with E-state index >= 15 is 0 Å². The molecule has 1 aliphatic carbocycles. The average Bonchev–Trinajstić information content (AvgIpc) is 1.64. The van der Waals surface area contributed by atoms with Crippen LogP contribution in [0.5, 0.6) is 0 Å². The van der Waals surface area contributed by atoms with Crippen molar-refractivity contribution in [2.75, 3.05) is 0 Å². The molecule has 0 amide bonds. The van der Waals surface area contributed by atoms with Gasteiger partial charge in [-0.3, -0.25) is 0 Å². The topological polar surface area (TPSA) is 0 Å². The first-order valence-electron chi connectivity index (χ1n) is 3.10. The summed E-state index contributed by atoms with van der Waals surface area (Å²) in [5.41, 5.74) is 1.45. The van der Waals surface area contributed by atoms with Gasteiger partial charge in [0.15, 0.2) is 0 Å². The average molecular weight is 131 g/mol. The molecule has 1 heteroatoms. The molecule has 1 unspecified atom stereocenters. The molecule has 0 bridgehead atoms. The molecule has 0 aromatic heterocycles. The highest BCUT2D eigenvalue weighted by Gasteiger charge is 2.06. The van der Waals surface area contributed by atoms with Crippen LogP contribution in [-0.4, -0.2) is 5.38 Å². The van der Waals surface area contributed by atoms with Crippen molar-refractivity contribution in [1.82, 2.24) is 0 Å². The summed E-state index contributed by atoms with van der Waals surface area (Å²) in [6.45, 7) is 2.15. The number of hydrogen-bond donors (Lipinski definition) is 0. The summed E-state index contributed by atoms with van der Waals surface area (Å²) in [7, 11) is 0. The van der Waals surface area contributed by atoms with Gasteiger partial charge in [-0.1, -0.05) is 11.6 Å². The molecule has 1 atom stereocenters. The second-order valence-electron chi connectivity index (χ2n) is 2.42. The van der Waals surface area contributed by atoms with Crippen molar-refractivity contribution in [3.8, 4) is 0 Å². The van der Waals surface area contributed by atoms with Gasteiger partial charge in [0.2, 0.25) is 0 Å². The Bertz CT molecular complexity index is 105. The minimum Gasteiger partial charge on any atom is -0.118 e. The maximum atomic E-state index is 5.84. The second kappa shape index (κ2) is 2.54. The Labute approximate surface area is 55.5 Å². The van der Waals surface area contributed by atoms with Gasteiger partial charge < -0.3 is 0 Å². The molecule has 0 saturated carbocycles. The van der Waals surface area contributed by atoms with Crippen LogP contribution in [0.4, 0.5) is 0 Å². The van der Waals surface area contributed by atoms with E-state index in [1.807, 2.05) is 0 Å².